The highest BCUT2D eigenvalue weighted by Crippen LogP contribution is 2.33. The predicted octanol–water partition coefficient (Wildman–Crippen LogP) is 4.43. The molecule has 33 heavy (non-hydrogen) atoms. The molecule has 0 bridgehead atoms. The maximum Gasteiger partial charge on any atom is 0.230 e. The van der Waals surface area contributed by atoms with Crippen molar-refractivity contribution in [1.82, 2.24) is 19.2 Å². The minimum Gasteiger partial charge on any atom is -0.494 e. The molecule has 3 aromatic rings. The normalized spacial score (nSPS) is 19.2. The van der Waals surface area contributed by atoms with E-state index >= 15 is 0 Å². The molecule has 0 spiro atoms. The van der Waals surface area contributed by atoms with Crippen LogP contribution < -0.4 is 9.64 Å². The van der Waals surface area contributed by atoms with E-state index in [-0.39, 0.29) is 0 Å². The van der Waals surface area contributed by atoms with E-state index in [0.29, 0.717) is 32.5 Å². The van der Waals surface area contributed by atoms with Crippen LogP contribution in [0.5, 0.6) is 5.75 Å². The fourth-order valence-electron chi connectivity index (χ4n) is 4.76. The standard InChI is InChI=1S/C25H31N5O2S/c1-2-32-22-12-10-20(11-13-22)23-9-6-14-28(23)19-29-25(33)30(21-7-4-3-5-8-21)24(26-29)27-15-17-31-18-16-27/h3-5,7-8,10-13,23H,2,6,9,14-19H2,1H3. The smallest absolute Gasteiger partial charge is 0.230 e. The second-order valence-electron chi connectivity index (χ2n) is 8.47. The quantitative estimate of drug-likeness (QED) is 0.481. The van der Waals surface area contributed by atoms with E-state index in [9.17, 15) is 0 Å². The van der Waals surface area contributed by atoms with Crippen LogP contribution in [0.1, 0.15) is 31.4 Å². The largest absolute Gasteiger partial charge is 0.494 e. The van der Waals surface area contributed by atoms with Gasteiger partial charge >= 0.3 is 0 Å². The van der Waals surface area contributed by atoms with Crippen LogP contribution in [0.15, 0.2) is 54.6 Å². The Bertz CT molecular complexity index is 1110. The highest BCUT2D eigenvalue weighted by atomic mass is 32.1. The number of likely N-dealkylation sites (tertiary alicyclic amines) is 1. The summed E-state index contributed by atoms with van der Waals surface area (Å²) in [4.78, 5) is 4.76. The molecule has 0 radical (unpaired) electrons. The van der Waals surface area contributed by atoms with Crippen LogP contribution in [0.2, 0.25) is 0 Å². The summed E-state index contributed by atoms with van der Waals surface area (Å²) in [6.45, 7) is 7.45. The van der Waals surface area contributed by atoms with Gasteiger partial charge in [-0.25, -0.2) is 4.68 Å². The van der Waals surface area contributed by atoms with Crippen LogP contribution in [0.25, 0.3) is 5.69 Å². The van der Waals surface area contributed by atoms with Gasteiger partial charge in [0.25, 0.3) is 0 Å². The SMILES string of the molecule is CCOc1ccc(C2CCCN2Cn2nc(N3CCOCC3)n(-c3ccccc3)c2=S)cc1. The van der Waals surface area contributed by atoms with Crippen LogP contribution in [-0.2, 0) is 11.4 Å². The molecule has 174 valence electrons. The number of rotatable bonds is 7. The fraction of sp³-hybridized carbons (Fsp3) is 0.440. The number of hydrogen-bond acceptors (Lipinski definition) is 6. The van der Waals surface area contributed by atoms with Gasteiger partial charge in [0, 0.05) is 25.7 Å². The fourth-order valence-corrected chi connectivity index (χ4v) is 5.04. The van der Waals surface area contributed by atoms with E-state index in [1.807, 2.05) is 29.8 Å². The lowest BCUT2D eigenvalue weighted by Crippen LogP contribution is -2.38. The molecule has 2 aromatic carbocycles. The van der Waals surface area contributed by atoms with Crippen molar-refractivity contribution in [2.45, 2.75) is 32.5 Å². The van der Waals surface area contributed by atoms with Crippen LogP contribution in [0.3, 0.4) is 0 Å². The molecule has 0 N–H and O–H groups in total. The average molecular weight is 466 g/mol. The number of para-hydroxylation sites is 1. The zero-order chi connectivity index (χ0) is 22.6. The minimum atomic E-state index is 0.358. The summed E-state index contributed by atoms with van der Waals surface area (Å²) in [5, 5.41) is 5.02. The molecule has 8 heteroatoms. The summed E-state index contributed by atoms with van der Waals surface area (Å²) >= 11 is 5.96. The first-order valence-electron chi connectivity index (χ1n) is 11.8. The molecule has 7 nitrogen and oxygen atoms in total. The van der Waals surface area contributed by atoms with Crippen molar-refractivity contribution in [3.8, 4) is 11.4 Å². The molecule has 2 saturated heterocycles. The summed E-state index contributed by atoms with van der Waals surface area (Å²) in [6, 6.07) is 19.2. The number of aromatic nitrogens is 3. The summed E-state index contributed by atoms with van der Waals surface area (Å²) in [6.07, 6.45) is 2.30. The Morgan fingerprint density at radius 1 is 1.03 bits per heavy atom. The van der Waals surface area contributed by atoms with Gasteiger partial charge in [-0.3, -0.25) is 9.47 Å². The molecule has 1 unspecified atom stereocenters. The third kappa shape index (κ3) is 4.69. The van der Waals surface area contributed by atoms with E-state index < -0.39 is 0 Å². The van der Waals surface area contributed by atoms with Crippen molar-refractivity contribution in [2.24, 2.45) is 0 Å². The van der Waals surface area contributed by atoms with Gasteiger partial charge in [-0.15, -0.1) is 5.10 Å². The lowest BCUT2D eigenvalue weighted by Gasteiger charge is -2.27. The minimum absolute atomic E-state index is 0.358. The average Bonchev–Trinajstić information content (AvgIpc) is 3.46. The van der Waals surface area contributed by atoms with E-state index in [2.05, 4.69) is 50.8 Å². The molecule has 0 saturated carbocycles. The molecule has 0 amide bonds. The van der Waals surface area contributed by atoms with Crippen molar-refractivity contribution in [2.75, 3.05) is 44.4 Å². The monoisotopic (exact) mass is 465 g/mol. The van der Waals surface area contributed by atoms with Crippen LogP contribution in [0, 0.1) is 4.77 Å². The van der Waals surface area contributed by atoms with Gasteiger partial charge in [0.2, 0.25) is 10.7 Å². The van der Waals surface area contributed by atoms with E-state index in [1.165, 1.54) is 12.0 Å². The Hall–Kier alpha value is -2.68. The lowest BCUT2D eigenvalue weighted by molar-refractivity contribution is 0.121. The first kappa shape index (κ1) is 22.1. The van der Waals surface area contributed by atoms with Crippen molar-refractivity contribution in [3.05, 3.63) is 64.9 Å². The predicted molar refractivity (Wildman–Crippen MR) is 132 cm³/mol. The van der Waals surface area contributed by atoms with Gasteiger partial charge < -0.3 is 14.4 Å². The van der Waals surface area contributed by atoms with E-state index in [1.54, 1.807) is 0 Å². The van der Waals surface area contributed by atoms with Gasteiger partial charge in [-0.2, -0.15) is 0 Å². The molecule has 1 atom stereocenters. The summed E-state index contributed by atoms with van der Waals surface area (Å²) < 4.78 is 16.0. The maximum atomic E-state index is 5.96. The Kier molecular flexibility index (Phi) is 6.75. The number of nitrogens with zero attached hydrogens (tertiary/aromatic N) is 5. The summed E-state index contributed by atoms with van der Waals surface area (Å²) in [5.74, 6) is 1.82. The topological polar surface area (TPSA) is 47.7 Å². The van der Waals surface area contributed by atoms with E-state index in [0.717, 1.165) is 48.2 Å². The molecule has 5 rings (SSSR count). The number of anilines is 1. The first-order valence-corrected chi connectivity index (χ1v) is 12.2. The molecular weight excluding hydrogens is 434 g/mol. The molecule has 2 fully saturated rings. The molecule has 3 heterocycles. The molecular formula is C25H31N5O2S. The molecule has 2 aliphatic heterocycles. The third-order valence-electron chi connectivity index (χ3n) is 6.39. The Morgan fingerprint density at radius 2 is 1.79 bits per heavy atom. The highest BCUT2D eigenvalue weighted by molar-refractivity contribution is 7.71. The van der Waals surface area contributed by atoms with Gasteiger partial charge in [0.1, 0.15) is 5.75 Å². The Labute approximate surface area is 200 Å². The Morgan fingerprint density at radius 3 is 2.52 bits per heavy atom. The van der Waals surface area contributed by atoms with Crippen LogP contribution >= 0.6 is 12.2 Å². The number of ether oxygens (including phenoxy) is 2. The number of morpholine rings is 1. The van der Waals surface area contributed by atoms with Gasteiger partial charge in [0.15, 0.2) is 0 Å². The number of hydrogen-bond donors (Lipinski definition) is 0. The summed E-state index contributed by atoms with van der Waals surface area (Å²) in [7, 11) is 0. The second kappa shape index (κ2) is 10.1. The molecule has 2 aliphatic rings. The van der Waals surface area contributed by atoms with Crippen LogP contribution in [0.4, 0.5) is 5.95 Å². The third-order valence-corrected chi connectivity index (χ3v) is 6.78. The zero-order valence-corrected chi connectivity index (χ0v) is 19.9. The second-order valence-corrected chi connectivity index (χ2v) is 8.83. The Balaban J connectivity index is 1.44. The van der Waals surface area contributed by atoms with Gasteiger partial charge in [-0.1, -0.05) is 30.3 Å². The van der Waals surface area contributed by atoms with Crippen molar-refractivity contribution < 1.29 is 9.47 Å². The molecule has 0 aliphatic carbocycles. The highest BCUT2D eigenvalue weighted by Gasteiger charge is 2.28. The number of benzene rings is 2. The molecule has 1 aromatic heterocycles. The van der Waals surface area contributed by atoms with Crippen molar-refractivity contribution in [1.29, 1.82) is 0 Å². The lowest BCUT2D eigenvalue weighted by atomic mass is 10.0. The van der Waals surface area contributed by atoms with Gasteiger partial charge in [-0.05, 0) is 61.8 Å². The first-order chi connectivity index (χ1) is 16.2. The van der Waals surface area contributed by atoms with Crippen molar-refractivity contribution in [3.63, 3.8) is 0 Å². The van der Waals surface area contributed by atoms with Gasteiger partial charge in [0.05, 0.1) is 32.2 Å². The van der Waals surface area contributed by atoms with E-state index in [4.69, 9.17) is 26.8 Å². The zero-order valence-electron chi connectivity index (χ0n) is 19.1. The maximum absolute atomic E-state index is 5.96. The van der Waals surface area contributed by atoms with Crippen molar-refractivity contribution >= 4 is 18.2 Å². The summed E-state index contributed by atoms with van der Waals surface area (Å²) in [5.41, 5.74) is 2.36. The van der Waals surface area contributed by atoms with Crippen LogP contribution in [-0.4, -0.2) is 58.7 Å².